The van der Waals surface area contributed by atoms with E-state index >= 15 is 0 Å². The van der Waals surface area contributed by atoms with E-state index in [1.807, 2.05) is 12.1 Å². The van der Waals surface area contributed by atoms with Crippen molar-refractivity contribution in [3.63, 3.8) is 0 Å². The van der Waals surface area contributed by atoms with Gasteiger partial charge in [0, 0.05) is 11.7 Å². The molecule has 1 N–H and O–H groups in total. The van der Waals surface area contributed by atoms with Gasteiger partial charge < -0.3 is 10.2 Å². The predicted octanol–water partition coefficient (Wildman–Crippen LogP) is 2.66. The molecule has 0 spiro atoms. The van der Waals surface area contributed by atoms with Crippen LogP contribution in [0, 0.1) is 0 Å². The van der Waals surface area contributed by atoms with Crippen LogP contribution in [-0.4, -0.2) is 52.7 Å². The second kappa shape index (κ2) is 7.17. The summed E-state index contributed by atoms with van der Waals surface area (Å²) in [5.74, 6) is -0.645. The number of allylic oxidation sites excluding steroid dienone is 1. The van der Waals surface area contributed by atoms with E-state index in [0.29, 0.717) is 41.6 Å². The number of likely N-dealkylation sites (tertiary alicyclic amines) is 1. The van der Waals surface area contributed by atoms with E-state index in [4.69, 9.17) is 0 Å². The van der Waals surface area contributed by atoms with Gasteiger partial charge in [-0.25, -0.2) is 0 Å². The lowest BCUT2D eigenvalue weighted by molar-refractivity contribution is -0.125. The fourth-order valence-corrected chi connectivity index (χ4v) is 4.57. The summed E-state index contributed by atoms with van der Waals surface area (Å²) in [6.07, 6.45) is 3.10. The van der Waals surface area contributed by atoms with Gasteiger partial charge in [0.15, 0.2) is 0 Å². The molecule has 1 atom stereocenters. The number of benzene rings is 1. The third-order valence-electron chi connectivity index (χ3n) is 6.31. The Bertz CT molecular complexity index is 853. The van der Waals surface area contributed by atoms with Crippen molar-refractivity contribution in [2.24, 2.45) is 0 Å². The summed E-state index contributed by atoms with van der Waals surface area (Å²) in [6.45, 7) is 10.3. The Hall–Kier alpha value is -2.47. The topological polar surface area (TPSA) is 69.7 Å². The monoisotopic (exact) mass is 381 g/mol. The van der Waals surface area contributed by atoms with Crippen LogP contribution >= 0.6 is 0 Å². The first-order chi connectivity index (χ1) is 13.4. The lowest BCUT2D eigenvalue weighted by atomic mass is 9.87. The third kappa shape index (κ3) is 3.15. The van der Waals surface area contributed by atoms with Gasteiger partial charge in [0.25, 0.3) is 11.8 Å². The average molecular weight is 381 g/mol. The summed E-state index contributed by atoms with van der Waals surface area (Å²) in [5.41, 5.74) is 2.59. The maximum Gasteiger partial charge on any atom is 0.262 e. The number of nitrogens with zero attached hydrogens (tertiary/aromatic N) is 2. The quantitative estimate of drug-likeness (QED) is 0.818. The summed E-state index contributed by atoms with van der Waals surface area (Å²) >= 11 is 0. The molecule has 1 aromatic carbocycles. The van der Waals surface area contributed by atoms with Crippen LogP contribution in [0.3, 0.4) is 0 Å². The van der Waals surface area contributed by atoms with E-state index in [0.717, 1.165) is 36.4 Å². The number of piperidine rings is 2. The molecular weight excluding hydrogens is 354 g/mol. The van der Waals surface area contributed by atoms with Crippen molar-refractivity contribution < 1.29 is 14.4 Å². The zero-order chi connectivity index (χ0) is 20.0. The first kappa shape index (κ1) is 18.9. The Morgan fingerprint density at radius 1 is 1.04 bits per heavy atom. The van der Waals surface area contributed by atoms with Crippen LogP contribution in [0.2, 0.25) is 0 Å². The molecule has 3 heterocycles. The zero-order valence-electron chi connectivity index (χ0n) is 16.5. The molecule has 1 unspecified atom stereocenters. The van der Waals surface area contributed by atoms with Crippen LogP contribution in [0.5, 0.6) is 0 Å². The number of nitrogens with one attached hydrogen (secondary N) is 1. The molecule has 6 nitrogen and oxygen atoms in total. The van der Waals surface area contributed by atoms with Crippen LogP contribution in [0.1, 0.15) is 71.7 Å². The molecule has 0 saturated carbocycles. The molecule has 3 amide bonds. The number of imide groups is 1. The third-order valence-corrected chi connectivity index (χ3v) is 6.31. The number of fused-ring (bicyclic) bond motifs is 1. The van der Waals surface area contributed by atoms with E-state index in [1.165, 1.54) is 0 Å². The summed E-state index contributed by atoms with van der Waals surface area (Å²) in [5, 5.41) is 2.67. The van der Waals surface area contributed by atoms with Gasteiger partial charge in [-0.2, -0.15) is 0 Å². The molecule has 0 aliphatic carbocycles. The van der Waals surface area contributed by atoms with E-state index in [9.17, 15) is 14.4 Å². The van der Waals surface area contributed by atoms with Gasteiger partial charge >= 0.3 is 0 Å². The zero-order valence-corrected chi connectivity index (χ0v) is 16.5. The SMILES string of the molecule is C=C1CCC(N2C(=O)c3ccc(C4CCN(C(C)C)CC4)cc3C2=O)C(=O)N1. The Labute approximate surface area is 165 Å². The lowest BCUT2D eigenvalue weighted by Crippen LogP contribution is -2.51. The molecule has 2 fully saturated rings. The fourth-order valence-electron chi connectivity index (χ4n) is 4.57. The Morgan fingerprint density at radius 3 is 2.36 bits per heavy atom. The smallest absolute Gasteiger partial charge is 0.262 e. The highest BCUT2D eigenvalue weighted by atomic mass is 16.2. The summed E-state index contributed by atoms with van der Waals surface area (Å²) < 4.78 is 0. The Balaban J connectivity index is 1.55. The highest BCUT2D eigenvalue weighted by Crippen LogP contribution is 2.34. The van der Waals surface area contributed by atoms with Crippen LogP contribution in [0.4, 0.5) is 0 Å². The van der Waals surface area contributed by atoms with Crippen molar-refractivity contribution in [2.75, 3.05) is 13.1 Å². The van der Waals surface area contributed by atoms with Crippen LogP contribution in [-0.2, 0) is 4.79 Å². The van der Waals surface area contributed by atoms with Gasteiger partial charge in [0.1, 0.15) is 6.04 Å². The van der Waals surface area contributed by atoms with E-state index < -0.39 is 6.04 Å². The van der Waals surface area contributed by atoms with Gasteiger partial charge in [0.05, 0.1) is 11.1 Å². The molecule has 3 aliphatic rings. The van der Waals surface area contributed by atoms with Gasteiger partial charge in [-0.15, -0.1) is 0 Å². The predicted molar refractivity (Wildman–Crippen MR) is 106 cm³/mol. The standard InChI is InChI=1S/C22H27N3O3/c1-13(2)24-10-8-15(9-11-24)16-5-6-17-18(12-16)22(28)25(21(17)27)19-7-4-14(3)23-20(19)26/h5-6,12-13,15,19H,3-4,7-11H2,1-2H3,(H,23,26). The molecule has 6 heteroatoms. The molecule has 28 heavy (non-hydrogen) atoms. The lowest BCUT2D eigenvalue weighted by Gasteiger charge is -2.34. The van der Waals surface area contributed by atoms with Crippen molar-refractivity contribution in [3.8, 4) is 0 Å². The van der Waals surface area contributed by atoms with E-state index in [-0.39, 0.29) is 17.7 Å². The number of amides is 3. The minimum atomic E-state index is -0.754. The van der Waals surface area contributed by atoms with Crippen LogP contribution < -0.4 is 5.32 Å². The van der Waals surface area contributed by atoms with Crippen LogP contribution in [0.25, 0.3) is 0 Å². The van der Waals surface area contributed by atoms with Gasteiger partial charge in [-0.1, -0.05) is 12.6 Å². The van der Waals surface area contributed by atoms with Gasteiger partial charge in [-0.05, 0) is 76.2 Å². The maximum absolute atomic E-state index is 13.0. The molecule has 4 rings (SSSR count). The molecule has 0 bridgehead atoms. The average Bonchev–Trinajstić information content (AvgIpc) is 2.92. The number of rotatable bonds is 3. The second-order valence-electron chi connectivity index (χ2n) is 8.34. The molecular formula is C22H27N3O3. The molecule has 1 aromatic rings. The summed E-state index contributed by atoms with van der Waals surface area (Å²) in [6, 6.07) is 5.41. The fraction of sp³-hybridized carbons (Fsp3) is 0.500. The van der Waals surface area contributed by atoms with Crippen molar-refractivity contribution >= 4 is 17.7 Å². The Kier molecular flexibility index (Phi) is 4.83. The van der Waals surface area contributed by atoms with Crippen molar-refractivity contribution in [2.45, 2.75) is 57.5 Å². The maximum atomic E-state index is 13.0. The first-order valence-electron chi connectivity index (χ1n) is 10.1. The molecule has 0 radical (unpaired) electrons. The number of carbonyl (C=O) groups is 3. The largest absolute Gasteiger partial charge is 0.329 e. The van der Waals surface area contributed by atoms with Crippen LogP contribution in [0.15, 0.2) is 30.5 Å². The molecule has 3 aliphatic heterocycles. The van der Waals surface area contributed by atoms with Crippen molar-refractivity contribution in [1.82, 2.24) is 15.1 Å². The minimum Gasteiger partial charge on any atom is -0.329 e. The number of hydrogen-bond acceptors (Lipinski definition) is 4. The van der Waals surface area contributed by atoms with Gasteiger partial charge in [0.2, 0.25) is 5.91 Å². The normalized spacial score (nSPS) is 24.1. The van der Waals surface area contributed by atoms with E-state index in [1.54, 1.807) is 6.07 Å². The highest BCUT2D eigenvalue weighted by molar-refractivity contribution is 6.23. The van der Waals surface area contributed by atoms with Crippen molar-refractivity contribution in [3.05, 3.63) is 47.2 Å². The Morgan fingerprint density at radius 2 is 1.71 bits per heavy atom. The van der Waals surface area contributed by atoms with E-state index in [2.05, 4.69) is 30.6 Å². The number of carbonyl (C=O) groups excluding carboxylic acids is 3. The molecule has 0 aromatic heterocycles. The van der Waals surface area contributed by atoms with Crippen molar-refractivity contribution in [1.29, 1.82) is 0 Å². The summed E-state index contributed by atoms with van der Waals surface area (Å²) in [7, 11) is 0. The minimum absolute atomic E-state index is 0.327. The first-order valence-corrected chi connectivity index (χ1v) is 10.1. The molecule has 148 valence electrons. The summed E-state index contributed by atoms with van der Waals surface area (Å²) in [4.78, 5) is 41.8. The molecule has 2 saturated heterocycles. The number of hydrogen-bond donors (Lipinski definition) is 1. The van der Waals surface area contributed by atoms with Gasteiger partial charge in [-0.3, -0.25) is 19.3 Å². The second-order valence-corrected chi connectivity index (χ2v) is 8.34. The highest BCUT2D eigenvalue weighted by Gasteiger charge is 2.44.